The van der Waals surface area contributed by atoms with Crippen molar-refractivity contribution in [1.29, 1.82) is 0 Å². The van der Waals surface area contributed by atoms with Crippen molar-refractivity contribution >= 4 is 33.5 Å². The predicted molar refractivity (Wildman–Crippen MR) is 95.4 cm³/mol. The minimum Gasteiger partial charge on any atom is -0.279 e. The molecule has 0 saturated carbocycles. The van der Waals surface area contributed by atoms with Crippen molar-refractivity contribution in [3.05, 3.63) is 78.2 Å². The van der Waals surface area contributed by atoms with Crippen LogP contribution >= 0.6 is 11.8 Å². The second-order valence-electron chi connectivity index (χ2n) is 4.46. The SMILES string of the molecule is C=CCSc1ccccc1NS(=O)(=O)/C=C/c1ccccc1. The van der Waals surface area contributed by atoms with Gasteiger partial charge in [0, 0.05) is 10.6 Å². The maximum absolute atomic E-state index is 12.2. The van der Waals surface area contributed by atoms with Gasteiger partial charge in [-0.15, -0.1) is 18.3 Å². The van der Waals surface area contributed by atoms with Gasteiger partial charge in [0.1, 0.15) is 0 Å². The van der Waals surface area contributed by atoms with Crippen molar-refractivity contribution in [3.8, 4) is 0 Å². The molecule has 0 saturated heterocycles. The molecule has 2 aromatic rings. The fraction of sp³-hybridized carbons (Fsp3) is 0.0588. The third kappa shape index (κ3) is 5.09. The van der Waals surface area contributed by atoms with Crippen LogP contribution in [0.2, 0.25) is 0 Å². The third-order valence-electron chi connectivity index (χ3n) is 2.74. The fourth-order valence-corrected chi connectivity index (χ4v) is 3.45. The molecular weight excluding hydrogens is 314 g/mol. The van der Waals surface area contributed by atoms with Crippen LogP contribution in [0.1, 0.15) is 5.56 Å². The predicted octanol–water partition coefficient (Wildman–Crippen LogP) is 4.38. The van der Waals surface area contributed by atoms with E-state index in [-0.39, 0.29) is 0 Å². The van der Waals surface area contributed by atoms with Gasteiger partial charge in [-0.05, 0) is 23.8 Å². The number of benzene rings is 2. The second-order valence-corrected chi connectivity index (χ2v) is 7.08. The lowest BCUT2D eigenvalue weighted by Gasteiger charge is -2.09. The number of hydrogen-bond acceptors (Lipinski definition) is 3. The molecule has 0 aliphatic rings. The molecule has 1 N–H and O–H groups in total. The van der Waals surface area contributed by atoms with Crippen LogP contribution in [0.5, 0.6) is 0 Å². The summed E-state index contributed by atoms with van der Waals surface area (Å²) in [6, 6.07) is 16.6. The molecule has 0 aromatic heterocycles. The van der Waals surface area contributed by atoms with Gasteiger partial charge in [-0.25, -0.2) is 8.42 Å². The molecule has 3 nitrogen and oxygen atoms in total. The van der Waals surface area contributed by atoms with Gasteiger partial charge in [0.05, 0.1) is 11.1 Å². The minimum atomic E-state index is -3.55. The van der Waals surface area contributed by atoms with Gasteiger partial charge in [0.2, 0.25) is 0 Å². The number of hydrogen-bond donors (Lipinski definition) is 1. The van der Waals surface area contributed by atoms with Gasteiger partial charge in [-0.1, -0.05) is 48.5 Å². The van der Waals surface area contributed by atoms with E-state index in [2.05, 4.69) is 11.3 Å². The fourth-order valence-electron chi connectivity index (χ4n) is 1.75. The molecule has 0 aliphatic carbocycles. The van der Waals surface area contributed by atoms with Crippen molar-refractivity contribution in [2.24, 2.45) is 0 Å². The summed E-state index contributed by atoms with van der Waals surface area (Å²) in [5.74, 6) is 0.721. The van der Waals surface area contributed by atoms with E-state index in [1.54, 1.807) is 24.3 Å². The van der Waals surface area contributed by atoms with Gasteiger partial charge in [0.15, 0.2) is 0 Å². The zero-order valence-corrected chi connectivity index (χ0v) is 13.6. The molecule has 2 aromatic carbocycles. The number of thioether (sulfide) groups is 1. The molecule has 0 fully saturated rings. The van der Waals surface area contributed by atoms with Crippen LogP contribution in [0.25, 0.3) is 6.08 Å². The van der Waals surface area contributed by atoms with Gasteiger partial charge < -0.3 is 0 Å². The molecule has 0 heterocycles. The average Bonchev–Trinajstić information content (AvgIpc) is 2.53. The highest BCUT2D eigenvalue weighted by molar-refractivity contribution is 7.99. The Morgan fingerprint density at radius 2 is 1.73 bits per heavy atom. The molecule has 114 valence electrons. The van der Waals surface area contributed by atoms with Crippen molar-refractivity contribution in [1.82, 2.24) is 0 Å². The third-order valence-corrected chi connectivity index (χ3v) is 4.80. The van der Waals surface area contributed by atoms with Crippen LogP contribution in [0, 0.1) is 0 Å². The maximum Gasteiger partial charge on any atom is 0.255 e. The molecule has 5 heteroatoms. The summed E-state index contributed by atoms with van der Waals surface area (Å²) in [6.45, 7) is 3.67. The molecule has 0 aliphatic heterocycles. The monoisotopic (exact) mass is 331 g/mol. The summed E-state index contributed by atoms with van der Waals surface area (Å²) in [4.78, 5) is 0.874. The molecule has 0 amide bonds. The summed E-state index contributed by atoms with van der Waals surface area (Å²) in [7, 11) is -3.55. The Morgan fingerprint density at radius 3 is 2.45 bits per heavy atom. The Hall–Kier alpha value is -1.98. The lowest BCUT2D eigenvalue weighted by Crippen LogP contribution is -2.09. The van der Waals surface area contributed by atoms with Crippen molar-refractivity contribution in [2.45, 2.75) is 4.90 Å². The lowest BCUT2D eigenvalue weighted by atomic mass is 10.2. The average molecular weight is 331 g/mol. The van der Waals surface area contributed by atoms with Crippen LogP contribution in [-0.2, 0) is 10.0 Å². The molecule has 0 atom stereocenters. The Morgan fingerprint density at radius 1 is 1.05 bits per heavy atom. The van der Waals surface area contributed by atoms with Gasteiger partial charge >= 0.3 is 0 Å². The summed E-state index contributed by atoms with van der Waals surface area (Å²) in [5.41, 5.74) is 1.41. The lowest BCUT2D eigenvalue weighted by molar-refractivity contribution is 0.609. The van der Waals surface area contributed by atoms with E-state index >= 15 is 0 Å². The Bertz CT molecular complexity index is 753. The van der Waals surface area contributed by atoms with Crippen molar-refractivity contribution in [2.75, 3.05) is 10.5 Å². The first-order chi connectivity index (χ1) is 10.6. The van der Waals surface area contributed by atoms with E-state index in [9.17, 15) is 8.42 Å². The standard InChI is InChI=1S/C17H17NO2S2/c1-2-13-21-17-11-7-6-10-16(17)18-22(19,20)14-12-15-8-4-3-5-9-15/h2-12,14,18H,1,13H2/b14-12+. The Kier molecular flexibility index (Phi) is 5.86. The van der Waals surface area contributed by atoms with Crippen LogP contribution in [0.3, 0.4) is 0 Å². The quantitative estimate of drug-likeness (QED) is 0.605. The first-order valence-electron chi connectivity index (χ1n) is 6.69. The molecule has 0 radical (unpaired) electrons. The molecule has 2 rings (SSSR count). The first-order valence-corrected chi connectivity index (χ1v) is 9.22. The highest BCUT2D eigenvalue weighted by Crippen LogP contribution is 2.27. The van der Waals surface area contributed by atoms with Crippen LogP contribution in [0.15, 0.2) is 77.6 Å². The van der Waals surface area contributed by atoms with Crippen LogP contribution < -0.4 is 4.72 Å². The van der Waals surface area contributed by atoms with Crippen molar-refractivity contribution < 1.29 is 8.42 Å². The molecule has 22 heavy (non-hydrogen) atoms. The summed E-state index contributed by atoms with van der Waals surface area (Å²) < 4.78 is 26.9. The van der Waals surface area contributed by atoms with E-state index in [1.807, 2.05) is 42.5 Å². The smallest absolute Gasteiger partial charge is 0.255 e. The van der Waals surface area contributed by atoms with E-state index in [1.165, 1.54) is 17.2 Å². The van der Waals surface area contributed by atoms with E-state index in [0.29, 0.717) is 5.69 Å². The minimum absolute atomic E-state index is 0.576. The topological polar surface area (TPSA) is 46.2 Å². The van der Waals surface area contributed by atoms with Crippen LogP contribution in [-0.4, -0.2) is 14.2 Å². The molecule has 0 bridgehead atoms. The Balaban J connectivity index is 2.15. The van der Waals surface area contributed by atoms with Gasteiger partial charge in [-0.3, -0.25) is 4.72 Å². The summed E-state index contributed by atoms with van der Waals surface area (Å²) in [6.07, 6.45) is 3.35. The molecule has 0 spiro atoms. The number of para-hydroxylation sites is 1. The first kappa shape index (κ1) is 16.4. The van der Waals surface area contributed by atoms with Crippen molar-refractivity contribution in [3.63, 3.8) is 0 Å². The van der Waals surface area contributed by atoms with Crippen LogP contribution in [0.4, 0.5) is 5.69 Å². The number of sulfonamides is 1. The number of rotatable bonds is 7. The number of nitrogens with one attached hydrogen (secondary N) is 1. The molecular formula is C17H17NO2S2. The van der Waals surface area contributed by atoms with E-state index in [4.69, 9.17) is 0 Å². The summed E-state index contributed by atoms with van der Waals surface area (Å²) >= 11 is 1.53. The van der Waals surface area contributed by atoms with E-state index in [0.717, 1.165) is 16.2 Å². The normalized spacial score (nSPS) is 11.5. The highest BCUT2D eigenvalue weighted by atomic mass is 32.2. The summed E-state index contributed by atoms with van der Waals surface area (Å²) in [5, 5.41) is 1.18. The van der Waals surface area contributed by atoms with Gasteiger partial charge in [-0.2, -0.15) is 0 Å². The molecule has 0 unspecified atom stereocenters. The largest absolute Gasteiger partial charge is 0.279 e. The highest BCUT2D eigenvalue weighted by Gasteiger charge is 2.09. The maximum atomic E-state index is 12.2. The van der Waals surface area contributed by atoms with Gasteiger partial charge in [0.25, 0.3) is 10.0 Å². The zero-order valence-electron chi connectivity index (χ0n) is 12.0. The zero-order chi connectivity index (χ0) is 15.8. The second kappa shape index (κ2) is 7.87. The van der Waals surface area contributed by atoms with E-state index < -0.39 is 10.0 Å². The Labute approximate surface area is 135 Å². The number of anilines is 1.